The van der Waals surface area contributed by atoms with Crippen LogP contribution < -0.4 is 9.04 Å². The van der Waals surface area contributed by atoms with Gasteiger partial charge in [0.1, 0.15) is 11.4 Å². The number of hydrogen-bond donors (Lipinski definition) is 0. The van der Waals surface area contributed by atoms with Gasteiger partial charge in [0.25, 0.3) is 5.91 Å². The Hall–Kier alpha value is -0.750. The van der Waals surface area contributed by atoms with Gasteiger partial charge in [-0.3, -0.25) is 4.79 Å². The maximum atomic E-state index is 12.5. The molecule has 0 saturated carbocycles. The minimum absolute atomic E-state index is 0.116. The Morgan fingerprint density at radius 1 is 1.50 bits per heavy atom. The van der Waals surface area contributed by atoms with Crippen molar-refractivity contribution in [3.63, 3.8) is 0 Å². The standard InChI is InChI=1S/C8H5BrFNO2S.C2H6/c9-5-2-1-3-6-8(5)11(14-10)7(12)4-13-6;1-2/h1-3H,4H2;1-2H3. The van der Waals surface area contributed by atoms with Gasteiger partial charge in [0.15, 0.2) is 18.9 Å². The highest BCUT2D eigenvalue weighted by molar-refractivity contribution is 9.10. The molecule has 16 heavy (non-hydrogen) atoms. The molecule has 6 heteroatoms. The van der Waals surface area contributed by atoms with Gasteiger partial charge in [-0.15, -0.1) is 3.89 Å². The molecule has 0 unspecified atom stereocenters. The SMILES string of the molecule is CC.O=C1COc2cccc(Br)c2N1SF. The van der Waals surface area contributed by atoms with Crippen LogP contribution >= 0.6 is 28.3 Å². The van der Waals surface area contributed by atoms with E-state index in [1.807, 2.05) is 13.8 Å². The highest BCUT2D eigenvalue weighted by Gasteiger charge is 2.28. The average molecular weight is 308 g/mol. The monoisotopic (exact) mass is 307 g/mol. The Labute approximate surface area is 107 Å². The van der Waals surface area contributed by atoms with Crippen molar-refractivity contribution >= 4 is 39.9 Å². The fourth-order valence-corrected chi connectivity index (χ4v) is 2.23. The molecule has 0 N–H and O–H groups in total. The average Bonchev–Trinajstić information content (AvgIpc) is 2.33. The maximum absolute atomic E-state index is 12.5. The molecule has 0 spiro atoms. The first-order chi connectivity index (χ1) is 7.74. The lowest BCUT2D eigenvalue weighted by molar-refractivity contribution is -0.119. The van der Waals surface area contributed by atoms with E-state index in [9.17, 15) is 8.68 Å². The van der Waals surface area contributed by atoms with Crippen LogP contribution in [0.25, 0.3) is 0 Å². The minimum Gasteiger partial charge on any atom is -0.481 e. The van der Waals surface area contributed by atoms with Gasteiger partial charge in [0.05, 0.1) is 0 Å². The van der Waals surface area contributed by atoms with Crippen LogP contribution in [0.3, 0.4) is 0 Å². The van der Waals surface area contributed by atoms with Crippen molar-refractivity contribution in [2.45, 2.75) is 13.8 Å². The summed E-state index contributed by atoms with van der Waals surface area (Å²) in [5, 5.41) is 0. The summed E-state index contributed by atoms with van der Waals surface area (Å²) in [6.45, 7) is 3.88. The number of carbonyl (C=O) groups excluding carboxylic acids is 1. The Kier molecular flexibility index (Phi) is 5.08. The fraction of sp³-hybridized carbons (Fsp3) is 0.300. The van der Waals surface area contributed by atoms with Gasteiger partial charge in [-0.2, -0.15) is 0 Å². The molecule has 0 aliphatic carbocycles. The first kappa shape index (κ1) is 13.3. The number of rotatable bonds is 1. The zero-order valence-corrected chi connectivity index (χ0v) is 11.3. The van der Waals surface area contributed by atoms with Gasteiger partial charge in [0.2, 0.25) is 0 Å². The highest BCUT2D eigenvalue weighted by Crippen LogP contribution is 2.41. The summed E-state index contributed by atoms with van der Waals surface area (Å²) in [4.78, 5) is 11.3. The van der Waals surface area contributed by atoms with Crippen LogP contribution in [-0.2, 0) is 4.79 Å². The van der Waals surface area contributed by atoms with Crippen LogP contribution in [0, 0.1) is 0 Å². The van der Waals surface area contributed by atoms with Gasteiger partial charge in [-0.25, -0.2) is 4.31 Å². The molecule has 3 nitrogen and oxygen atoms in total. The van der Waals surface area contributed by atoms with Gasteiger partial charge >= 0.3 is 0 Å². The molecule has 1 amide bonds. The molecule has 0 aromatic heterocycles. The maximum Gasteiger partial charge on any atom is 0.277 e. The molecule has 1 aromatic rings. The molecule has 0 radical (unpaired) electrons. The molecule has 0 bridgehead atoms. The van der Waals surface area contributed by atoms with E-state index in [0.717, 1.165) is 4.31 Å². The third-order valence-corrected chi connectivity index (χ3v) is 2.96. The second-order valence-electron chi connectivity index (χ2n) is 2.63. The van der Waals surface area contributed by atoms with Crippen LogP contribution in [-0.4, -0.2) is 12.5 Å². The summed E-state index contributed by atoms with van der Waals surface area (Å²) < 4.78 is 19.3. The Morgan fingerprint density at radius 2 is 2.19 bits per heavy atom. The molecule has 0 saturated heterocycles. The minimum atomic E-state index is -0.406. The zero-order valence-electron chi connectivity index (χ0n) is 8.87. The molecule has 1 aliphatic heterocycles. The Bertz CT molecular complexity index is 389. The third-order valence-electron chi connectivity index (χ3n) is 1.80. The van der Waals surface area contributed by atoms with Crippen LogP contribution in [0.5, 0.6) is 5.75 Å². The second kappa shape index (κ2) is 6.10. The van der Waals surface area contributed by atoms with Crippen molar-refractivity contribution in [1.82, 2.24) is 0 Å². The number of nitrogens with zero attached hydrogens (tertiary/aromatic N) is 1. The van der Waals surface area contributed by atoms with Gasteiger partial charge < -0.3 is 4.74 Å². The summed E-state index contributed by atoms with van der Waals surface area (Å²) in [5.74, 6) is 0.0982. The molecule has 1 aromatic carbocycles. The predicted octanol–water partition coefficient (Wildman–Crippen LogP) is 3.73. The van der Waals surface area contributed by atoms with Crippen LogP contribution in [0.2, 0.25) is 0 Å². The number of anilines is 1. The van der Waals surface area contributed by atoms with Crippen LogP contribution in [0.4, 0.5) is 9.57 Å². The van der Waals surface area contributed by atoms with Crippen molar-refractivity contribution < 1.29 is 13.4 Å². The molecule has 1 heterocycles. The van der Waals surface area contributed by atoms with Crippen LogP contribution in [0.15, 0.2) is 22.7 Å². The molecule has 2 rings (SSSR count). The Balaban J connectivity index is 0.000000606. The number of ether oxygens (including phenoxy) is 1. The van der Waals surface area contributed by atoms with E-state index in [0.29, 0.717) is 15.9 Å². The molecular weight excluding hydrogens is 297 g/mol. The molecule has 0 atom stereocenters. The normalized spacial score (nSPS) is 13.5. The molecule has 1 aliphatic rings. The number of amides is 1. The topological polar surface area (TPSA) is 29.5 Å². The zero-order chi connectivity index (χ0) is 12.1. The Morgan fingerprint density at radius 3 is 2.81 bits per heavy atom. The second-order valence-corrected chi connectivity index (χ2v) is 3.99. The van der Waals surface area contributed by atoms with E-state index in [-0.39, 0.29) is 18.9 Å². The van der Waals surface area contributed by atoms with E-state index in [2.05, 4.69) is 15.9 Å². The number of para-hydroxylation sites is 1. The van der Waals surface area contributed by atoms with Gasteiger partial charge in [0, 0.05) is 4.47 Å². The molecular formula is C10H11BrFNO2S. The number of carbonyl (C=O) groups is 1. The van der Waals surface area contributed by atoms with Gasteiger partial charge in [-0.1, -0.05) is 19.9 Å². The summed E-state index contributed by atoms with van der Waals surface area (Å²) in [5.41, 5.74) is 0.427. The number of halogens is 2. The first-order valence-corrected chi connectivity index (χ1v) is 6.23. The van der Waals surface area contributed by atoms with Crippen molar-refractivity contribution in [2.24, 2.45) is 0 Å². The third kappa shape index (κ3) is 2.49. The quantitative estimate of drug-likeness (QED) is 0.740. The van der Waals surface area contributed by atoms with Crippen molar-refractivity contribution in [1.29, 1.82) is 0 Å². The largest absolute Gasteiger partial charge is 0.481 e. The summed E-state index contributed by atoms with van der Waals surface area (Å²) >= 11 is 3.12. The smallest absolute Gasteiger partial charge is 0.277 e. The molecule has 88 valence electrons. The van der Waals surface area contributed by atoms with E-state index >= 15 is 0 Å². The van der Waals surface area contributed by atoms with E-state index in [4.69, 9.17) is 4.74 Å². The summed E-state index contributed by atoms with van der Waals surface area (Å²) in [7, 11) is 0. The lowest BCUT2D eigenvalue weighted by atomic mass is 10.2. The predicted molar refractivity (Wildman–Crippen MR) is 67.2 cm³/mol. The lowest BCUT2D eigenvalue weighted by Crippen LogP contribution is -2.33. The van der Waals surface area contributed by atoms with Crippen LogP contribution in [0.1, 0.15) is 13.8 Å². The first-order valence-electron chi connectivity index (χ1n) is 4.77. The highest BCUT2D eigenvalue weighted by atomic mass is 79.9. The summed E-state index contributed by atoms with van der Waals surface area (Å²) in [6, 6.07) is 5.18. The number of benzene rings is 1. The fourth-order valence-electron chi connectivity index (χ4n) is 1.20. The van der Waals surface area contributed by atoms with Crippen molar-refractivity contribution in [2.75, 3.05) is 10.9 Å². The van der Waals surface area contributed by atoms with Crippen molar-refractivity contribution in [3.8, 4) is 5.75 Å². The lowest BCUT2D eigenvalue weighted by Gasteiger charge is -2.25. The number of hydrogen-bond acceptors (Lipinski definition) is 3. The van der Waals surface area contributed by atoms with Crippen molar-refractivity contribution in [3.05, 3.63) is 22.7 Å². The molecule has 0 fully saturated rings. The summed E-state index contributed by atoms with van der Waals surface area (Å²) in [6.07, 6.45) is 0. The van der Waals surface area contributed by atoms with E-state index in [1.165, 1.54) is 0 Å². The van der Waals surface area contributed by atoms with E-state index in [1.54, 1.807) is 18.2 Å². The van der Waals surface area contributed by atoms with Gasteiger partial charge in [-0.05, 0) is 28.1 Å². The number of fused-ring (bicyclic) bond motifs is 1. The van der Waals surface area contributed by atoms with E-state index < -0.39 is 5.91 Å².